The van der Waals surface area contributed by atoms with Crippen LogP contribution in [-0.2, 0) is 23.9 Å². The molecule has 128 valence electrons. The van der Waals surface area contributed by atoms with Gasteiger partial charge < -0.3 is 15.2 Å². The topological polar surface area (TPSA) is 98.9 Å². The Hall–Kier alpha value is -1.54. The van der Waals surface area contributed by atoms with Crippen LogP contribution in [0.25, 0.3) is 0 Å². The molecule has 0 bridgehead atoms. The van der Waals surface area contributed by atoms with Crippen molar-refractivity contribution < 1.29 is 23.9 Å². The lowest BCUT2D eigenvalue weighted by Gasteiger charge is -2.44. The maximum atomic E-state index is 12.1. The van der Waals surface area contributed by atoms with E-state index in [1.807, 2.05) is 20.8 Å². The maximum absolute atomic E-state index is 12.1. The highest BCUT2D eigenvalue weighted by atomic mass is 32.2. The first-order valence-corrected chi connectivity index (χ1v) is 8.46. The first kappa shape index (κ1) is 17.8. The Labute approximate surface area is 139 Å². The summed E-state index contributed by atoms with van der Waals surface area (Å²) in [6.45, 7) is 5.12. The molecule has 0 radical (unpaired) electrons. The summed E-state index contributed by atoms with van der Waals surface area (Å²) in [5.74, 6) is 0.303. The van der Waals surface area contributed by atoms with Crippen LogP contribution in [0.2, 0.25) is 0 Å². The minimum Gasteiger partial charge on any atom is -0.471 e. The smallest absolute Gasteiger partial charge is 0.320 e. The van der Waals surface area contributed by atoms with Crippen molar-refractivity contribution in [2.45, 2.75) is 32.6 Å². The molecule has 0 unspecified atom stereocenters. The Bertz CT molecular complexity index is 553. The highest BCUT2D eigenvalue weighted by molar-refractivity contribution is 8.00. The van der Waals surface area contributed by atoms with Crippen LogP contribution in [0.5, 0.6) is 0 Å². The molecule has 0 spiro atoms. The molecule has 0 saturated carbocycles. The van der Waals surface area contributed by atoms with E-state index in [1.165, 1.54) is 4.90 Å². The minimum atomic E-state index is -0.523. The van der Waals surface area contributed by atoms with Gasteiger partial charge in [-0.15, -0.1) is 11.8 Å². The number of esters is 1. The predicted molar refractivity (Wildman–Crippen MR) is 85.2 cm³/mol. The lowest BCUT2D eigenvalue weighted by Crippen LogP contribution is -2.53. The third-order valence-electron chi connectivity index (χ3n) is 3.63. The zero-order valence-corrected chi connectivity index (χ0v) is 14.4. The van der Waals surface area contributed by atoms with Crippen LogP contribution in [0.15, 0.2) is 11.5 Å². The third kappa shape index (κ3) is 4.06. The van der Waals surface area contributed by atoms with Gasteiger partial charge >= 0.3 is 5.97 Å². The normalized spacial score (nSPS) is 20.8. The number of ether oxygens (including phenoxy) is 2. The molecule has 23 heavy (non-hydrogen) atoms. The summed E-state index contributed by atoms with van der Waals surface area (Å²) in [6, 6.07) is 0. The van der Waals surface area contributed by atoms with Gasteiger partial charge in [0.15, 0.2) is 5.78 Å². The Morgan fingerprint density at radius 1 is 1.39 bits per heavy atom. The second kappa shape index (κ2) is 6.92. The Kier molecular flexibility index (Phi) is 5.36. The van der Waals surface area contributed by atoms with Gasteiger partial charge in [0.25, 0.3) is 0 Å². The Balaban J connectivity index is 2.11. The van der Waals surface area contributed by atoms with Crippen molar-refractivity contribution in [2.24, 2.45) is 11.1 Å². The summed E-state index contributed by atoms with van der Waals surface area (Å²) >= 11 is 1.59. The van der Waals surface area contributed by atoms with Crippen LogP contribution in [0.1, 0.15) is 27.2 Å². The van der Waals surface area contributed by atoms with Gasteiger partial charge in [-0.3, -0.25) is 19.3 Å². The lowest BCUT2D eigenvalue weighted by atomic mass is 9.91. The van der Waals surface area contributed by atoms with Gasteiger partial charge in [0.05, 0.1) is 18.3 Å². The van der Waals surface area contributed by atoms with Crippen LogP contribution >= 0.6 is 11.8 Å². The van der Waals surface area contributed by atoms with Gasteiger partial charge in [-0.05, 0) is 0 Å². The van der Waals surface area contributed by atoms with Gasteiger partial charge in [-0.25, -0.2) is 0 Å². The van der Waals surface area contributed by atoms with E-state index in [2.05, 4.69) is 0 Å². The number of carbonyl (C=O) groups is 3. The number of nitrogens with two attached hydrogens (primary N) is 1. The second-order valence-electron chi connectivity index (χ2n) is 6.47. The molecule has 2 aliphatic heterocycles. The van der Waals surface area contributed by atoms with E-state index < -0.39 is 11.4 Å². The molecular weight excluding hydrogens is 320 g/mol. The van der Waals surface area contributed by atoms with Crippen molar-refractivity contribution in [1.82, 2.24) is 4.90 Å². The summed E-state index contributed by atoms with van der Waals surface area (Å²) < 4.78 is 10.7. The third-order valence-corrected chi connectivity index (χ3v) is 4.91. The van der Waals surface area contributed by atoms with Crippen LogP contribution in [-0.4, -0.2) is 53.4 Å². The Morgan fingerprint density at radius 2 is 2.09 bits per heavy atom. The highest BCUT2D eigenvalue weighted by Gasteiger charge is 2.44. The van der Waals surface area contributed by atoms with Crippen molar-refractivity contribution >= 4 is 29.4 Å². The van der Waals surface area contributed by atoms with E-state index in [1.54, 1.807) is 11.8 Å². The average Bonchev–Trinajstić information content (AvgIpc) is 2.48. The summed E-state index contributed by atoms with van der Waals surface area (Å²) in [6.07, 6.45) is 0.459. The maximum Gasteiger partial charge on any atom is 0.320 e. The number of ketones is 1. The van der Waals surface area contributed by atoms with E-state index >= 15 is 0 Å². The molecule has 8 heteroatoms. The van der Waals surface area contributed by atoms with Crippen LogP contribution in [0.4, 0.5) is 0 Å². The first-order valence-electron chi connectivity index (χ1n) is 7.41. The number of hydrogen-bond acceptors (Lipinski definition) is 7. The van der Waals surface area contributed by atoms with Gasteiger partial charge in [0.2, 0.25) is 11.8 Å². The molecule has 7 nitrogen and oxygen atoms in total. The molecule has 1 fully saturated rings. The zero-order chi connectivity index (χ0) is 17.2. The lowest BCUT2D eigenvalue weighted by molar-refractivity contribution is -0.145. The molecule has 1 atom stereocenters. The number of nitrogens with zero attached hydrogens (tertiary/aromatic N) is 1. The van der Waals surface area contributed by atoms with Crippen molar-refractivity contribution in [3.63, 3.8) is 0 Å². The van der Waals surface area contributed by atoms with Gasteiger partial charge in [-0.2, -0.15) is 0 Å². The molecule has 2 N–H and O–H groups in total. The fourth-order valence-electron chi connectivity index (χ4n) is 2.05. The van der Waals surface area contributed by atoms with Crippen LogP contribution in [0.3, 0.4) is 0 Å². The number of thioether (sulfide) groups is 1. The van der Waals surface area contributed by atoms with E-state index in [0.29, 0.717) is 23.6 Å². The standard InChI is InChI=1S/C15H22N2O5S/c1-15(2,3)10(18)7-22-14-9(6-21-13(20)5-16)8-23-12-4-11(19)17(12)14/h12H,4-8,16H2,1-3H3/t12-/m0/s1. The highest BCUT2D eigenvalue weighted by Crippen LogP contribution is 2.40. The van der Waals surface area contributed by atoms with Crippen LogP contribution < -0.4 is 5.73 Å². The summed E-state index contributed by atoms with van der Waals surface area (Å²) in [5.41, 5.74) is 5.38. The molecule has 2 heterocycles. The fraction of sp³-hybridized carbons (Fsp3) is 0.667. The number of Topliss-reactive ketones (excluding diaryl/α,β-unsaturated/α-hetero) is 1. The largest absolute Gasteiger partial charge is 0.471 e. The quantitative estimate of drug-likeness (QED) is 0.558. The number of fused-ring (bicyclic) bond motifs is 1. The minimum absolute atomic E-state index is 0.0125. The molecule has 0 aromatic rings. The van der Waals surface area contributed by atoms with Crippen molar-refractivity contribution in [3.05, 3.63) is 11.5 Å². The molecule has 1 amide bonds. The van der Waals surface area contributed by atoms with E-state index in [-0.39, 0.29) is 36.8 Å². The van der Waals surface area contributed by atoms with Crippen molar-refractivity contribution in [3.8, 4) is 0 Å². The summed E-state index contributed by atoms with van der Waals surface area (Å²) in [5, 5.41) is 0.0381. The zero-order valence-electron chi connectivity index (χ0n) is 13.6. The van der Waals surface area contributed by atoms with Crippen molar-refractivity contribution in [1.29, 1.82) is 0 Å². The van der Waals surface area contributed by atoms with Gasteiger partial charge in [-0.1, -0.05) is 20.8 Å². The SMILES string of the molecule is CC(C)(C)C(=O)COC1=C(COC(=O)CN)CS[C@H]2CC(=O)N12. The van der Waals surface area contributed by atoms with Crippen molar-refractivity contribution in [2.75, 3.05) is 25.5 Å². The predicted octanol–water partition coefficient (Wildman–Crippen LogP) is 0.637. The fourth-order valence-corrected chi connectivity index (χ4v) is 3.27. The number of rotatable bonds is 6. The number of carbonyl (C=O) groups excluding carboxylic acids is 3. The van der Waals surface area contributed by atoms with E-state index in [4.69, 9.17) is 15.2 Å². The summed E-state index contributed by atoms with van der Waals surface area (Å²) in [4.78, 5) is 36.7. The first-order chi connectivity index (χ1) is 10.7. The molecule has 0 aromatic carbocycles. The molecular formula is C15H22N2O5S. The molecule has 2 aliphatic rings. The second-order valence-corrected chi connectivity index (χ2v) is 7.64. The number of amides is 1. The number of β-lactam (4-membered cyclic amide) rings is 1. The number of hydrogen-bond donors (Lipinski definition) is 1. The van der Waals surface area contributed by atoms with Gasteiger partial charge in [0, 0.05) is 16.7 Å². The Morgan fingerprint density at radius 3 is 2.65 bits per heavy atom. The molecule has 0 aromatic heterocycles. The average molecular weight is 342 g/mol. The molecule has 2 rings (SSSR count). The molecule has 1 saturated heterocycles. The van der Waals surface area contributed by atoms with Crippen LogP contribution in [0, 0.1) is 5.41 Å². The van der Waals surface area contributed by atoms with E-state index in [0.717, 1.165) is 0 Å². The summed E-state index contributed by atoms with van der Waals surface area (Å²) in [7, 11) is 0. The monoisotopic (exact) mass is 342 g/mol. The van der Waals surface area contributed by atoms with E-state index in [9.17, 15) is 14.4 Å². The molecule has 0 aliphatic carbocycles. The van der Waals surface area contributed by atoms with Gasteiger partial charge in [0.1, 0.15) is 13.2 Å².